The smallest absolute Gasteiger partial charge is 0.260 e. The zero-order valence-electron chi connectivity index (χ0n) is 13.1. The molecule has 25 heavy (non-hydrogen) atoms. The van der Waals surface area contributed by atoms with Gasteiger partial charge >= 0.3 is 0 Å². The number of rotatable bonds is 4. The van der Waals surface area contributed by atoms with E-state index in [1.807, 2.05) is 13.0 Å². The summed E-state index contributed by atoms with van der Waals surface area (Å²) in [7, 11) is 0. The van der Waals surface area contributed by atoms with Crippen molar-refractivity contribution in [3.05, 3.63) is 39.5 Å². The lowest BCUT2D eigenvalue weighted by atomic mass is 10.3. The van der Waals surface area contributed by atoms with Crippen LogP contribution in [0.2, 0.25) is 0 Å². The zero-order chi connectivity index (χ0) is 17.4. The minimum absolute atomic E-state index is 0.132. The van der Waals surface area contributed by atoms with Gasteiger partial charge < -0.3 is 19.8 Å². The molecule has 0 spiro atoms. The van der Waals surface area contributed by atoms with Gasteiger partial charge in [-0.1, -0.05) is 11.8 Å². The van der Waals surface area contributed by atoms with Gasteiger partial charge in [0.25, 0.3) is 5.56 Å². The van der Waals surface area contributed by atoms with Crippen molar-refractivity contribution >= 4 is 44.9 Å². The summed E-state index contributed by atoms with van der Waals surface area (Å²) in [6, 6.07) is 7.02. The van der Waals surface area contributed by atoms with Crippen molar-refractivity contribution in [1.82, 2.24) is 9.97 Å². The Hall–Kier alpha value is -2.52. The number of aromatic nitrogens is 2. The highest BCUT2D eigenvalue weighted by atomic mass is 32.2. The minimum Gasteiger partial charge on any atom is -0.454 e. The predicted octanol–water partition coefficient (Wildman–Crippen LogP) is 2.75. The van der Waals surface area contributed by atoms with Crippen molar-refractivity contribution in [2.45, 2.75) is 12.1 Å². The molecule has 1 amide bonds. The number of H-pyrrole nitrogens is 1. The molecule has 128 valence electrons. The van der Waals surface area contributed by atoms with E-state index < -0.39 is 0 Å². The van der Waals surface area contributed by atoms with E-state index >= 15 is 0 Å². The minimum atomic E-state index is -0.200. The molecule has 3 aromatic rings. The van der Waals surface area contributed by atoms with Crippen molar-refractivity contribution in [2.75, 3.05) is 17.9 Å². The number of thiophene rings is 1. The molecule has 0 bridgehead atoms. The fraction of sp³-hybridized carbons (Fsp3) is 0.188. The van der Waals surface area contributed by atoms with Crippen LogP contribution >= 0.6 is 23.1 Å². The Balaban J connectivity index is 1.42. The highest BCUT2D eigenvalue weighted by molar-refractivity contribution is 7.99. The summed E-state index contributed by atoms with van der Waals surface area (Å²) in [6.07, 6.45) is 0. The van der Waals surface area contributed by atoms with Crippen molar-refractivity contribution < 1.29 is 14.3 Å². The Morgan fingerprint density at radius 1 is 1.36 bits per heavy atom. The summed E-state index contributed by atoms with van der Waals surface area (Å²) in [5.74, 6) is 1.20. The molecule has 4 rings (SSSR count). The molecule has 1 aromatic carbocycles. The number of carbonyl (C=O) groups is 1. The maximum Gasteiger partial charge on any atom is 0.260 e. The van der Waals surface area contributed by atoms with Gasteiger partial charge in [-0.3, -0.25) is 9.59 Å². The number of anilines is 1. The number of benzene rings is 1. The molecule has 1 aliphatic rings. The van der Waals surface area contributed by atoms with Crippen LogP contribution < -0.4 is 20.3 Å². The number of hydrogen-bond donors (Lipinski definition) is 2. The van der Waals surface area contributed by atoms with E-state index in [9.17, 15) is 9.59 Å². The lowest BCUT2D eigenvalue weighted by Gasteiger charge is -2.06. The Morgan fingerprint density at radius 2 is 2.20 bits per heavy atom. The zero-order valence-corrected chi connectivity index (χ0v) is 14.8. The van der Waals surface area contributed by atoms with Gasteiger partial charge in [-0.2, -0.15) is 0 Å². The molecule has 0 atom stereocenters. The van der Waals surface area contributed by atoms with Crippen LogP contribution in [0.4, 0.5) is 5.69 Å². The second-order valence-corrected chi connectivity index (χ2v) is 7.55. The average Bonchev–Trinajstić information content (AvgIpc) is 3.18. The molecule has 1 aliphatic heterocycles. The Kier molecular flexibility index (Phi) is 4.10. The first-order valence-electron chi connectivity index (χ1n) is 7.41. The number of aromatic amines is 1. The number of ether oxygens (including phenoxy) is 2. The number of aryl methyl sites for hydroxylation is 1. The predicted molar refractivity (Wildman–Crippen MR) is 96.9 cm³/mol. The Bertz CT molecular complexity index is 1030. The number of nitrogens with zero attached hydrogens (tertiary/aromatic N) is 1. The van der Waals surface area contributed by atoms with Crippen LogP contribution in [-0.4, -0.2) is 28.4 Å². The lowest BCUT2D eigenvalue weighted by Crippen LogP contribution is -2.15. The number of hydrogen-bond acceptors (Lipinski definition) is 7. The van der Waals surface area contributed by atoms with E-state index in [0.717, 1.165) is 4.88 Å². The monoisotopic (exact) mass is 375 g/mol. The molecule has 7 nitrogen and oxygen atoms in total. The third-order valence-electron chi connectivity index (χ3n) is 3.50. The first kappa shape index (κ1) is 16.0. The van der Waals surface area contributed by atoms with Gasteiger partial charge in [0.2, 0.25) is 12.7 Å². The van der Waals surface area contributed by atoms with Gasteiger partial charge in [0, 0.05) is 16.6 Å². The Morgan fingerprint density at radius 3 is 3.08 bits per heavy atom. The maximum absolute atomic E-state index is 12.1. The van der Waals surface area contributed by atoms with Gasteiger partial charge in [0.05, 0.1) is 11.1 Å². The fourth-order valence-corrected chi connectivity index (χ4v) is 4.00. The molecule has 0 fully saturated rings. The molecule has 0 unspecified atom stereocenters. The molecule has 0 aliphatic carbocycles. The van der Waals surface area contributed by atoms with Crippen LogP contribution in [0.25, 0.3) is 10.2 Å². The van der Waals surface area contributed by atoms with Crippen molar-refractivity contribution in [3.63, 3.8) is 0 Å². The van der Waals surface area contributed by atoms with Gasteiger partial charge in [-0.25, -0.2) is 4.98 Å². The first-order chi connectivity index (χ1) is 12.1. The molecule has 2 N–H and O–H groups in total. The molecule has 2 aromatic heterocycles. The maximum atomic E-state index is 12.1. The summed E-state index contributed by atoms with van der Waals surface area (Å²) < 4.78 is 10.5. The van der Waals surface area contributed by atoms with Gasteiger partial charge in [0.1, 0.15) is 4.83 Å². The first-order valence-corrected chi connectivity index (χ1v) is 9.21. The van der Waals surface area contributed by atoms with Gasteiger partial charge in [-0.05, 0) is 25.1 Å². The molecule has 9 heteroatoms. The third-order valence-corrected chi connectivity index (χ3v) is 5.32. The molecule has 0 radical (unpaired) electrons. The van der Waals surface area contributed by atoms with E-state index in [4.69, 9.17) is 9.47 Å². The normalized spacial score (nSPS) is 12.5. The van der Waals surface area contributed by atoms with Crippen LogP contribution in [0.5, 0.6) is 11.5 Å². The van der Waals surface area contributed by atoms with E-state index in [-0.39, 0.29) is 24.0 Å². The van der Waals surface area contributed by atoms with Crippen molar-refractivity contribution in [1.29, 1.82) is 0 Å². The van der Waals surface area contributed by atoms with Gasteiger partial charge in [-0.15, -0.1) is 11.3 Å². The second-order valence-electron chi connectivity index (χ2n) is 5.35. The average molecular weight is 375 g/mol. The highest BCUT2D eigenvalue weighted by Gasteiger charge is 2.14. The van der Waals surface area contributed by atoms with Crippen molar-refractivity contribution in [2.24, 2.45) is 0 Å². The molecular weight excluding hydrogens is 362 g/mol. The van der Waals surface area contributed by atoms with Crippen LogP contribution in [-0.2, 0) is 4.79 Å². The number of thioether (sulfide) groups is 1. The topological polar surface area (TPSA) is 93.3 Å². The van der Waals surface area contributed by atoms with Crippen LogP contribution in [0.15, 0.2) is 34.2 Å². The molecular formula is C16H13N3O4S2. The fourth-order valence-electron chi connectivity index (χ4n) is 2.41. The van der Waals surface area contributed by atoms with Crippen molar-refractivity contribution in [3.8, 4) is 11.5 Å². The summed E-state index contributed by atoms with van der Waals surface area (Å²) in [6.45, 7) is 2.11. The highest BCUT2D eigenvalue weighted by Crippen LogP contribution is 2.34. The molecule has 3 heterocycles. The summed E-state index contributed by atoms with van der Waals surface area (Å²) in [4.78, 5) is 32.9. The Labute approximate surface area is 150 Å². The van der Waals surface area contributed by atoms with E-state index in [1.54, 1.807) is 18.2 Å². The standard InChI is InChI=1S/C16H13N3O4S2/c1-8-4-10-14(21)18-16(19-15(10)25-8)24-6-13(20)17-9-2-3-11-12(5-9)23-7-22-11/h2-5H,6-7H2,1H3,(H,17,20)(H,18,19,21). The quantitative estimate of drug-likeness (QED) is 0.538. The van der Waals surface area contributed by atoms with E-state index in [0.29, 0.717) is 32.6 Å². The number of fused-ring (bicyclic) bond motifs is 2. The lowest BCUT2D eigenvalue weighted by molar-refractivity contribution is -0.113. The second kappa shape index (κ2) is 6.41. The van der Waals surface area contributed by atoms with E-state index in [1.165, 1.54) is 23.1 Å². The van der Waals surface area contributed by atoms with Crippen LogP contribution in [0.3, 0.4) is 0 Å². The SMILES string of the molecule is Cc1cc2c(=O)[nH]c(SCC(=O)Nc3ccc4c(c3)OCO4)nc2s1. The molecule has 0 saturated carbocycles. The largest absolute Gasteiger partial charge is 0.454 e. The summed E-state index contributed by atoms with van der Waals surface area (Å²) >= 11 is 2.64. The number of carbonyl (C=O) groups excluding carboxylic acids is 1. The molecule has 0 saturated heterocycles. The summed E-state index contributed by atoms with van der Waals surface area (Å²) in [5.41, 5.74) is 0.439. The third kappa shape index (κ3) is 3.33. The number of nitrogens with one attached hydrogen (secondary N) is 2. The van der Waals surface area contributed by atoms with Gasteiger partial charge in [0.15, 0.2) is 16.7 Å². The summed E-state index contributed by atoms with van der Waals surface area (Å²) in [5, 5.41) is 3.80. The van der Waals surface area contributed by atoms with E-state index in [2.05, 4.69) is 15.3 Å². The number of amides is 1. The van der Waals surface area contributed by atoms with Crippen LogP contribution in [0, 0.1) is 6.92 Å². The van der Waals surface area contributed by atoms with Crippen LogP contribution in [0.1, 0.15) is 4.88 Å².